The fraction of sp³-hybridized carbons (Fsp3) is 1.00. The van der Waals surface area contributed by atoms with Crippen LogP contribution in [0.1, 0.15) is 25.7 Å². The number of hydrogen-bond acceptors (Lipinski definition) is 4. The minimum Gasteiger partial charge on any atom is -0.389 e. The van der Waals surface area contributed by atoms with Gasteiger partial charge < -0.3 is 15.2 Å². The van der Waals surface area contributed by atoms with E-state index in [1.807, 2.05) is 11.8 Å². The van der Waals surface area contributed by atoms with Crippen molar-refractivity contribution in [2.45, 2.75) is 31.3 Å². The molecule has 0 radical (unpaired) electrons. The standard InChI is InChI=1S/C12H23NO2S/c14-12(3-7-16-8-4-12)10-13-9-11-1-5-15-6-2-11/h11,13-14H,1-10H2. The fourth-order valence-electron chi connectivity index (χ4n) is 2.39. The molecule has 4 heteroatoms. The SMILES string of the molecule is OC1(CNCC2CCOCC2)CCSCC1. The molecule has 2 N–H and O–H groups in total. The molecule has 2 aliphatic heterocycles. The lowest BCUT2D eigenvalue weighted by atomic mass is 9.95. The zero-order chi connectivity index (χ0) is 11.3. The number of nitrogens with one attached hydrogen (secondary N) is 1. The molecule has 0 atom stereocenters. The Hall–Kier alpha value is 0.230. The predicted molar refractivity (Wildman–Crippen MR) is 67.9 cm³/mol. The highest BCUT2D eigenvalue weighted by molar-refractivity contribution is 7.99. The highest BCUT2D eigenvalue weighted by atomic mass is 32.2. The van der Waals surface area contributed by atoms with E-state index in [9.17, 15) is 5.11 Å². The minimum absolute atomic E-state index is 0.434. The van der Waals surface area contributed by atoms with Crippen LogP contribution >= 0.6 is 11.8 Å². The van der Waals surface area contributed by atoms with Gasteiger partial charge in [-0.05, 0) is 49.7 Å². The second-order valence-corrected chi connectivity index (χ2v) is 6.25. The molecule has 94 valence electrons. The highest BCUT2D eigenvalue weighted by Gasteiger charge is 2.29. The van der Waals surface area contributed by atoms with Gasteiger partial charge >= 0.3 is 0 Å². The first-order valence-electron chi connectivity index (χ1n) is 6.37. The van der Waals surface area contributed by atoms with Gasteiger partial charge in [-0.1, -0.05) is 0 Å². The van der Waals surface area contributed by atoms with Crippen molar-refractivity contribution in [3.05, 3.63) is 0 Å². The molecule has 0 aromatic heterocycles. The van der Waals surface area contributed by atoms with Gasteiger partial charge in [-0.15, -0.1) is 0 Å². The quantitative estimate of drug-likeness (QED) is 0.782. The molecule has 2 fully saturated rings. The molecule has 0 saturated carbocycles. The van der Waals surface area contributed by atoms with Gasteiger partial charge in [0, 0.05) is 19.8 Å². The van der Waals surface area contributed by atoms with Crippen molar-refractivity contribution in [3.63, 3.8) is 0 Å². The third kappa shape index (κ3) is 3.91. The zero-order valence-electron chi connectivity index (χ0n) is 9.91. The zero-order valence-corrected chi connectivity index (χ0v) is 10.7. The summed E-state index contributed by atoms with van der Waals surface area (Å²) >= 11 is 1.95. The topological polar surface area (TPSA) is 41.5 Å². The maximum Gasteiger partial charge on any atom is 0.0787 e. The van der Waals surface area contributed by atoms with Crippen molar-refractivity contribution in [1.29, 1.82) is 0 Å². The van der Waals surface area contributed by atoms with Crippen LogP contribution in [0.25, 0.3) is 0 Å². The molecule has 0 unspecified atom stereocenters. The molecule has 0 bridgehead atoms. The summed E-state index contributed by atoms with van der Waals surface area (Å²) in [6.07, 6.45) is 4.22. The number of rotatable bonds is 4. The van der Waals surface area contributed by atoms with E-state index in [0.717, 1.165) is 56.6 Å². The van der Waals surface area contributed by atoms with E-state index in [-0.39, 0.29) is 0 Å². The van der Waals surface area contributed by atoms with E-state index in [4.69, 9.17) is 4.74 Å². The van der Waals surface area contributed by atoms with Gasteiger partial charge in [0.2, 0.25) is 0 Å². The number of ether oxygens (including phenoxy) is 1. The molecule has 0 aromatic rings. The van der Waals surface area contributed by atoms with E-state index in [1.54, 1.807) is 0 Å². The van der Waals surface area contributed by atoms with Crippen molar-refractivity contribution in [3.8, 4) is 0 Å². The van der Waals surface area contributed by atoms with Crippen molar-refractivity contribution < 1.29 is 9.84 Å². The van der Waals surface area contributed by atoms with E-state index >= 15 is 0 Å². The van der Waals surface area contributed by atoms with Crippen LogP contribution in [0.2, 0.25) is 0 Å². The normalized spacial score (nSPS) is 26.8. The molecule has 3 nitrogen and oxygen atoms in total. The first kappa shape index (κ1) is 12.7. The van der Waals surface area contributed by atoms with E-state index in [2.05, 4.69) is 5.32 Å². The van der Waals surface area contributed by atoms with Crippen LogP contribution in [0.4, 0.5) is 0 Å². The molecule has 2 saturated heterocycles. The molecular weight excluding hydrogens is 222 g/mol. The Morgan fingerprint density at radius 1 is 1.25 bits per heavy atom. The third-order valence-electron chi connectivity index (χ3n) is 3.65. The van der Waals surface area contributed by atoms with Gasteiger partial charge in [-0.2, -0.15) is 11.8 Å². The molecule has 0 aromatic carbocycles. The Labute approximate surface area is 102 Å². The Bertz CT molecular complexity index is 201. The van der Waals surface area contributed by atoms with Crippen molar-refractivity contribution in [2.24, 2.45) is 5.92 Å². The maximum atomic E-state index is 10.3. The molecule has 2 heterocycles. The lowest BCUT2D eigenvalue weighted by Gasteiger charge is -2.33. The van der Waals surface area contributed by atoms with Gasteiger partial charge in [0.25, 0.3) is 0 Å². The van der Waals surface area contributed by atoms with Gasteiger partial charge in [-0.3, -0.25) is 0 Å². The van der Waals surface area contributed by atoms with Gasteiger partial charge in [0.1, 0.15) is 0 Å². The summed E-state index contributed by atoms with van der Waals surface area (Å²) in [5, 5.41) is 13.8. The Morgan fingerprint density at radius 3 is 2.62 bits per heavy atom. The second kappa shape index (κ2) is 6.24. The van der Waals surface area contributed by atoms with Crippen LogP contribution in [0.3, 0.4) is 0 Å². The van der Waals surface area contributed by atoms with Crippen LogP contribution in [-0.4, -0.2) is 48.5 Å². The monoisotopic (exact) mass is 245 g/mol. The summed E-state index contributed by atoms with van der Waals surface area (Å²) in [6, 6.07) is 0. The average molecular weight is 245 g/mol. The Morgan fingerprint density at radius 2 is 1.94 bits per heavy atom. The predicted octanol–water partition coefficient (Wildman–Crippen LogP) is 1.26. The van der Waals surface area contributed by atoms with E-state index in [1.165, 1.54) is 12.8 Å². The molecule has 2 rings (SSSR count). The lowest BCUT2D eigenvalue weighted by molar-refractivity contribution is 0.0275. The summed E-state index contributed by atoms with van der Waals surface area (Å²) in [6.45, 7) is 3.63. The van der Waals surface area contributed by atoms with Crippen molar-refractivity contribution in [2.75, 3.05) is 37.8 Å². The van der Waals surface area contributed by atoms with Gasteiger partial charge in [0.05, 0.1) is 5.60 Å². The number of thioether (sulfide) groups is 1. The molecule has 0 aliphatic carbocycles. The summed E-state index contributed by atoms with van der Waals surface area (Å²) in [5.41, 5.74) is -0.434. The third-order valence-corrected chi connectivity index (χ3v) is 4.64. The fourth-order valence-corrected chi connectivity index (χ4v) is 3.64. The van der Waals surface area contributed by atoms with Crippen molar-refractivity contribution >= 4 is 11.8 Å². The molecule has 2 aliphatic rings. The van der Waals surface area contributed by atoms with Crippen LogP contribution in [-0.2, 0) is 4.74 Å². The summed E-state index contributed by atoms with van der Waals surface area (Å²) in [7, 11) is 0. The summed E-state index contributed by atoms with van der Waals surface area (Å²) in [5.74, 6) is 2.96. The average Bonchev–Trinajstić information content (AvgIpc) is 2.31. The smallest absolute Gasteiger partial charge is 0.0787 e. The maximum absolute atomic E-state index is 10.3. The van der Waals surface area contributed by atoms with Crippen LogP contribution in [0, 0.1) is 5.92 Å². The Balaban J connectivity index is 1.62. The lowest BCUT2D eigenvalue weighted by Crippen LogP contribution is -2.45. The number of hydrogen-bond donors (Lipinski definition) is 2. The highest BCUT2D eigenvalue weighted by Crippen LogP contribution is 2.26. The largest absolute Gasteiger partial charge is 0.389 e. The molecule has 16 heavy (non-hydrogen) atoms. The molecular formula is C12H23NO2S. The van der Waals surface area contributed by atoms with E-state index in [0.29, 0.717) is 0 Å². The minimum atomic E-state index is -0.434. The van der Waals surface area contributed by atoms with E-state index < -0.39 is 5.60 Å². The van der Waals surface area contributed by atoms with Crippen LogP contribution in [0.5, 0.6) is 0 Å². The summed E-state index contributed by atoms with van der Waals surface area (Å²) in [4.78, 5) is 0. The first-order chi connectivity index (χ1) is 7.79. The summed E-state index contributed by atoms with van der Waals surface area (Å²) < 4.78 is 5.34. The van der Waals surface area contributed by atoms with Gasteiger partial charge in [-0.25, -0.2) is 0 Å². The molecule has 0 spiro atoms. The second-order valence-electron chi connectivity index (χ2n) is 5.02. The first-order valence-corrected chi connectivity index (χ1v) is 7.53. The van der Waals surface area contributed by atoms with Crippen LogP contribution in [0.15, 0.2) is 0 Å². The van der Waals surface area contributed by atoms with Gasteiger partial charge in [0.15, 0.2) is 0 Å². The molecule has 0 amide bonds. The van der Waals surface area contributed by atoms with Crippen molar-refractivity contribution in [1.82, 2.24) is 5.32 Å². The Kier molecular flexibility index (Phi) is 4.95. The van der Waals surface area contributed by atoms with Crippen LogP contribution < -0.4 is 5.32 Å². The number of aliphatic hydroxyl groups is 1.